The molecule has 2 N–H and O–H groups in total. The fourth-order valence-electron chi connectivity index (χ4n) is 2.68. The molecule has 8 heteroatoms. The van der Waals surface area contributed by atoms with Crippen LogP contribution in [0, 0.1) is 0 Å². The fourth-order valence-corrected chi connectivity index (χ4v) is 3.53. The molecular formula is C20H24N2O5S. The lowest BCUT2D eigenvalue weighted by molar-refractivity contribution is 0.0945. The highest BCUT2D eigenvalue weighted by atomic mass is 32.2. The highest BCUT2D eigenvalue weighted by Gasteiger charge is 2.20. The number of rotatable bonds is 4. The molecule has 0 aromatic heterocycles. The van der Waals surface area contributed by atoms with E-state index < -0.39 is 15.9 Å². The van der Waals surface area contributed by atoms with Crippen molar-refractivity contribution in [2.75, 3.05) is 13.2 Å². The average Bonchev–Trinajstić information content (AvgIpc) is 2.90. The van der Waals surface area contributed by atoms with Crippen LogP contribution in [0.5, 0.6) is 11.5 Å². The summed E-state index contributed by atoms with van der Waals surface area (Å²) >= 11 is 0. The smallest absolute Gasteiger partial charge is 0.266 e. The molecule has 0 aliphatic carbocycles. The van der Waals surface area contributed by atoms with E-state index >= 15 is 0 Å². The number of amides is 1. The zero-order valence-electron chi connectivity index (χ0n) is 16.1. The highest BCUT2D eigenvalue weighted by molar-refractivity contribution is 7.89. The molecule has 2 aromatic carbocycles. The van der Waals surface area contributed by atoms with Gasteiger partial charge in [0.2, 0.25) is 0 Å². The molecule has 1 aliphatic rings. The van der Waals surface area contributed by atoms with Crippen molar-refractivity contribution in [3.63, 3.8) is 0 Å². The lowest BCUT2D eigenvalue weighted by Crippen LogP contribution is -2.41. The van der Waals surface area contributed by atoms with E-state index in [-0.39, 0.29) is 10.3 Å². The summed E-state index contributed by atoms with van der Waals surface area (Å²) in [5.41, 5.74) is 3.64. The van der Waals surface area contributed by atoms with E-state index in [4.69, 9.17) is 9.47 Å². The van der Waals surface area contributed by atoms with Gasteiger partial charge < -0.3 is 9.47 Å². The van der Waals surface area contributed by atoms with Gasteiger partial charge in [0.15, 0.2) is 11.5 Å². The Morgan fingerprint density at radius 2 is 1.61 bits per heavy atom. The van der Waals surface area contributed by atoms with E-state index in [2.05, 4.69) is 31.0 Å². The van der Waals surface area contributed by atoms with Crippen LogP contribution in [0.25, 0.3) is 0 Å². The van der Waals surface area contributed by atoms with Gasteiger partial charge in [-0.15, -0.1) is 4.83 Å². The molecule has 1 amide bonds. The minimum absolute atomic E-state index is 0.0277. The summed E-state index contributed by atoms with van der Waals surface area (Å²) in [6.07, 6.45) is 0.721. The second-order valence-corrected chi connectivity index (χ2v) is 9.23. The van der Waals surface area contributed by atoms with Crippen LogP contribution >= 0.6 is 0 Å². The summed E-state index contributed by atoms with van der Waals surface area (Å²) in [6, 6.07) is 11.4. The number of hydrazine groups is 1. The van der Waals surface area contributed by atoms with Gasteiger partial charge in [0.25, 0.3) is 15.9 Å². The minimum atomic E-state index is -3.96. The SMILES string of the molecule is CC(C)(C)c1ccc(C(=O)NNS(=O)(=O)c2ccc3c(c2)OCCCO3)cc1. The van der Waals surface area contributed by atoms with Crippen molar-refractivity contribution in [1.82, 2.24) is 10.3 Å². The van der Waals surface area contributed by atoms with Gasteiger partial charge in [-0.1, -0.05) is 32.9 Å². The maximum Gasteiger partial charge on any atom is 0.266 e. The van der Waals surface area contributed by atoms with Gasteiger partial charge in [-0.25, -0.2) is 8.42 Å². The van der Waals surface area contributed by atoms with Gasteiger partial charge in [0.1, 0.15) is 0 Å². The zero-order valence-corrected chi connectivity index (χ0v) is 16.9. The standard InChI is InChI=1S/C20H24N2O5S/c1-20(2,3)15-7-5-14(6-8-15)19(23)21-22-28(24,25)16-9-10-17-18(13-16)27-12-4-11-26-17/h5-10,13,22H,4,11-12H2,1-3H3,(H,21,23). The first-order valence-electron chi connectivity index (χ1n) is 8.99. The van der Waals surface area contributed by atoms with Crippen molar-refractivity contribution >= 4 is 15.9 Å². The summed E-state index contributed by atoms with van der Waals surface area (Å²) in [5.74, 6) is 0.322. The van der Waals surface area contributed by atoms with Crippen LogP contribution in [0.3, 0.4) is 0 Å². The molecule has 1 heterocycles. The normalized spacial score (nSPS) is 14.2. The molecule has 0 radical (unpaired) electrons. The Labute approximate surface area is 165 Å². The molecule has 3 rings (SSSR count). The molecule has 0 spiro atoms. The van der Waals surface area contributed by atoms with Crippen LogP contribution in [-0.2, 0) is 15.4 Å². The summed E-state index contributed by atoms with van der Waals surface area (Å²) in [6.45, 7) is 7.19. The Kier molecular flexibility index (Phi) is 5.62. The summed E-state index contributed by atoms with van der Waals surface area (Å²) in [4.78, 5) is 14.4. The fraction of sp³-hybridized carbons (Fsp3) is 0.350. The van der Waals surface area contributed by atoms with Crippen LogP contribution in [0.1, 0.15) is 43.1 Å². The first kappa shape index (κ1) is 20.2. The highest BCUT2D eigenvalue weighted by Crippen LogP contribution is 2.31. The molecule has 0 atom stereocenters. The number of hydrogen-bond acceptors (Lipinski definition) is 5. The van der Waals surface area contributed by atoms with Crippen molar-refractivity contribution in [2.45, 2.75) is 37.5 Å². The number of sulfonamides is 1. The maximum absolute atomic E-state index is 12.5. The van der Waals surface area contributed by atoms with Crippen LogP contribution in [0.4, 0.5) is 0 Å². The third-order valence-electron chi connectivity index (χ3n) is 4.34. The molecule has 0 unspecified atom stereocenters. The van der Waals surface area contributed by atoms with Crippen LogP contribution in [0.2, 0.25) is 0 Å². The van der Waals surface area contributed by atoms with Crippen molar-refractivity contribution in [3.8, 4) is 11.5 Å². The third-order valence-corrected chi connectivity index (χ3v) is 5.59. The van der Waals surface area contributed by atoms with E-state index in [9.17, 15) is 13.2 Å². The molecule has 7 nitrogen and oxygen atoms in total. The summed E-state index contributed by atoms with van der Waals surface area (Å²) in [7, 11) is -3.96. The quantitative estimate of drug-likeness (QED) is 0.765. The minimum Gasteiger partial charge on any atom is -0.490 e. The molecule has 0 bridgehead atoms. The van der Waals surface area contributed by atoms with Gasteiger partial charge in [0.05, 0.1) is 18.1 Å². The summed E-state index contributed by atoms with van der Waals surface area (Å²) in [5, 5.41) is 0. The van der Waals surface area contributed by atoms with Gasteiger partial charge in [-0.05, 0) is 35.2 Å². The first-order chi connectivity index (χ1) is 13.2. The number of hydrogen-bond donors (Lipinski definition) is 2. The van der Waals surface area contributed by atoms with E-state index in [1.807, 2.05) is 12.1 Å². The lowest BCUT2D eigenvalue weighted by atomic mass is 9.87. The van der Waals surface area contributed by atoms with E-state index in [1.54, 1.807) is 18.2 Å². The Morgan fingerprint density at radius 1 is 0.964 bits per heavy atom. The van der Waals surface area contributed by atoms with E-state index in [1.165, 1.54) is 12.1 Å². The zero-order chi connectivity index (χ0) is 20.4. The number of carbonyl (C=O) groups excluding carboxylic acids is 1. The number of ether oxygens (including phenoxy) is 2. The largest absolute Gasteiger partial charge is 0.490 e. The van der Waals surface area contributed by atoms with E-state index in [0.717, 1.165) is 12.0 Å². The second kappa shape index (κ2) is 7.81. The lowest BCUT2D eigenvalue weighted by Gasteiger charge is -2.19. The van der Waals surface area contributed by atoms with Crippen molar-refractivity contribution in [2.24, 2.45) is 0 Å². The van der Waals surface area contributed by atoms with Crippen LogP contribution in [0.15, 0.2) is 47.4 Å². The molecule has 28 heavy (non-hydrogen) atoms. The molecule has 1 aliphatic heterocycles. The van der Waals surface area contributed by atoms with Gasteiger partial charge in [0, 0.05) is 18.1 Å². The monoisotopic (exact) mass is 404 g/mol. The molecule has 2 aromatic rings. The molecular weight excluding hydrogens is 380 g/mol. The number of fused-ring (bicyclic) bond motifs is 1. The third kappa shape index (κ3) is 4.63. The van der Waals surface area contributed by atoms with E-state index in [0.29, 0.717) is 30.3 Å². The Morgan fingerprint density at radius 3 is 2.25 bits per heavy atom. The van der Waals surface area contributed by atoms with Crippen molar-refractivity contribution < 1.29 is 22.7 Å². The average molecular weight is 404 g/mol. The number of benzene rings is 2. The Bertz CT molecular complexity index is 963. The van der Waals surface area contributed by atoms with Gasteiger partial charge in [-0.3, -0.25) is 10.2 Å². The molecule has 0 fully saturated rings. The first-order valence-corrected chi connectivity index (χ1v) is 10.5. The molecule has 0 saturated heterocycles. The van der Waals surface area contributed by atoms with Gasteiger partial charge >= 0.3 is 0 Å². The second-order valence-electron chi connectivity index (χ2n) is 7.55. The summed E-state index contributed by atoms with van der Waals surface area (Å²) < 4.78 is 36.0. The van der Waals surface area contributed by atoms with Crippen molar-refractivity contribution in [1.29, 1.82) is 0 Å². The number of carbonyl (C=O) groups is 1. The van der Waals surface area contributed by atoms with Crippen LogP contribution < -0.4 is 19.7 Å². The molecule has 150 valence electrons. The predicted octanol–water partition coefficient (Wildman–Crippen LogP) is 2.77. The van der Waals surface area contributed by atoms with Crippen LogP contribution in [-0.4, -0.2) is 27.5 Å². The topological polar surface area (TPSA) is 93.7 Å². The number of nitrogens with one attached hydrogen (secondary N) is 2. The van der Waals surface area contributed by atoms with Crippen molar-refractivity contribution in [3.05, 3.63) is 53.6 Å². The Hall–Kier alpha value is -2.58. The van der Waals surface area contributed by atoms with Gasteiger partial charge in [-0.2, -0.15) is 0 Å². The Balaban J connectivity index is 1.69. The predicted molar refractivity (Wildman–Crippen MR) is 105 cm³/mol. The maximum atomic E-state index is 12.5. The molecule has 0 saturated carbocycles.